The Labute approximate surface area is 123 Å². The van der Waals surface area contributed by atoms with E-state index in [2.05, 4.69) is 10.2 Å². The molecule has 2 aromatic rings. The zero-order chi connectivity index (χ0) is 14.5. The van der Waals surface area contributed by atoms with Crippen molar-refractivity contribution in [2.24, 2.45) is 0 Å². The third-order valence-corrected chi connectivity index (χ3v) is 3.55. The summed E-state index contributed by atoms with van der Waals surface area (Å²) in [5.74, 6) is 0.640. The van der Waals surface area contributed by atoms with Crippen LogP contribution in [-0.2, 0) is 11.3 Å². The second kappa shape index (κ2) is 6.39. The number of hydrogen-bond acceptors (Lipinski definition) is 4. The van der Waals surface area contributed by atoms with Crippen LogP contribution in [0.15, 0.2) is 42.9 Å². The average Bonchev–Trinajstić information content (AvgIpc) is 3.01. The molecule has 1 unspecified atom stereocenters. The Balaban J connectivity index is 1.56. The molecule has 3 heterocycles. The number of rotatable bonds is 4. The molecular weight excluding hydrogens is 268 g/mol. The molecule has 110 valence electrons. The van der Waals surface area contributed by atoms with Crippen molar-refractivity contribution in [1.82, 2.24) is 19.7 Å². The van der Waals surface area contributed by atoms with Crippen molar-refractivity contribution in [3.05, 3.63) is 42.9 Å². The van der Waals surface area contributed by atoms with Crippen molar-refractivity contribution in [3.8, 4) is 5.88 Å². The van der Waals surface area contributed by atoms with Gasteiger partial charge in [0.1, 0.15) is 12.6 Å². The maximum absolute atomic E-state index is 12.3. The Bertz CT molecular complexity index is 571. The highest BCUT2D eigenvalue weighted by molar-refractivity contribution is 5.76. The lowest BCUT2D eigenvalue weighted by atomic mass is 10.1. The molecule has 0 aliphatic carbocycles. The first-order chi connectivity index (χ1) is 10.3. The van der Waals surface area contributed by atoms with Crippen LogP contribution < -0.4 is 4.74 Å². The lowest BCUT2D eigenvalue weighted by molar-refractivity contribution is -0.134. The van der Waals surface area contributed by atoms with Crippen LogP contribution in [0.3, 0.4) is 0 Å². The van der Waals surface area contributed by atoms with Gasteiger partial charge in [0, 0.05) is 31.2 Å². The van der Waals surface area contributed by atoms with Gasteiger partial charge in [-0.05, 0) is 31.0 Å². The SMILES string of the molecule is O=C(Cn1cccc1)N1CCCC(Oc2cccnn2)C1. The number of amides is 1. The van der Waals surface area contributed by atoms with Gasteiger partial charge in [-0.3, -0.25) is 4.79 Å². The molecule has 3 rings (SSSR count). The van der Waals surface area contributed by atoms with Crippen LogP contribution in [0, 0.1) is 0 Å². The quantitative estimate of drug-likeness (QED) is 0.851. The van der Waals surface area contributed by atoms with Crippen LogP contribution in [0.5, 0.6) is 5.88 Å². The van der Waals surface area contributed by atoms with E-state index >= 15 is 0 Å². The monoisotopic (exact) mass is 286 g/mol. The van der Waals surface area contributed by atoms with Gasteiger partial charge in [0.15, 0.2) is 0 Å². The molecular formula is C15H18N4O2. The van der Waals surface area contributed by atoms with Gasteiger partial charge in [-0.2, -0.15) is 5.10 Å². The van der Waals surface area contributed by atoms with Gasteiger partial charge in [0.05, 0.1) is 6.54 Å². The molecule has 6 nitrogen and oxygen atoms in total. The molecule has 0 saturated carbocycles. The summed E-state index contributed by atoms with van der Waals surface area (Å²) in [5.41, 5.74) is 0. The van der Waals surface area contributed by atoms with E-state index < -0.39 is 0 Å². The van der Waals surface area contributed by atoms with E-state index in [1.54, 1.807) is 18.3 Å². The molecule has 1 aliphatic heterocycles. The fraction of sp³-hybridized carbons (Fsp3) is 0.400. The summed E-state index contributed by atoms with van der Waals surface area (Å²) in [4.78, 5) is 14.2. The fourth-order valence-corrected chi connectivity index (χ4v) is 2.51. The van der Waals surface area contributed by atoms with Crippen molar-refractivity contribution in [1.29, 1.82) is 0 Å². The largest absolute Gasteiger partial charge is 0.471 e. The molecule has 0 radical (unpaired) electrons. The van der Waals surface area contributed by atoms with E-state index in [0.717, 1.165) is 19.4 Å². The number of ether oxygens (including phenoxy) is 1. The summed E-state index contributed by atoms with van der Waals surface area (Å²) in [6.45, 7) is 1.78. The molecule has 2 aromatic heterocycles. The zero-order valence-electron chi connectivity index (χ0n) is 11.8. The van der Waals surface area contributed by atoms with Gasteiger partial charge in [-0.1, -0.05) is 0 Å². The maximum Gasteiger partial charge on any atom is 0.242 e. The van der Waals surface area contributed by atoms with Crippen LogP contribution in [0.4, 0.5) is 0 Å². The van der Waals surface area contributed by atoms with Crippen LogP contribution >= 0.6 is 0 Å². The number of aromatic nitrogens is 3. The molecule has 1 amide bonds. The normalized spacial score (nSPS) is 18.5. The summed E-state index contributed by atoms with van der Waals surface area (Å²) in [6, 6.07) is 7.42. The Morgan fingerprint density at radius 2 is 2.19 bits per heavy atom. The van der Waals surface area contributed by atoms with Crippen LogP contribution in [-0.4, -0.2) is 44.8 Å². The number of nitrogens with zero attached hydrogens (tertiary/aromatic N) is 4. The molecule has 21 heavy (non-hydrogen) atoms. The first-order valence-corrected chi connectivity index (χ1v) is 7.14. The second-order valence-corrected chi connectivity index (χ2v) is 5.14. The molecule has 0 spiro atoms. The topological polar surface area (TPSA) is 60.2 Å². The molecule has 1 saturated heterocycles. The number of likely N-dealkylation sites (tertiary alicyclic amines) is 1. The lowest BCUT2D eigenvalue weighted by Gasteiger charge is -2.32. The third kappa shape index (κ3) is 3.59. The van der Waals surface area contributed by atoms with E-state index in [1.807, 2.05) is 34.0 Å². The summed E-state index contributed by atoms with van der Waals surface area (Å²) >= 11 is 0. The summed E-state index contributed by atoms with van der Waals surface area (Å²) in [6.07, 6.45) is 7.28. The average molecular weight is 286 g/mol. The van der Waals surface area contributed by atoms with Gasteiger partial charge < -0.3 is 14.2 Å². The maximum atomic E-state index is 12.3. The Morgan fingerprint density at radius 1 is 1.33 bits per heavy atom. The van der Waals surface area contributed by atoms with E-state index in [4.69, 9.17) is 4.74 Å². The van der Waals surface area contributed by atoms with Gasteiger partial charge >= 0.3 is 0 Å². The van der Waals surface area contributed by atoms with Crippen molar-refractivity contribution < 1.29 is 9.53 Å². The predicted molar refractivity (Wildman–Crippen MR) is 76.7 cm³/mol. The standard InChI is InChI=1S/C15H18N4O2/c20-15(12-18-8-1-2-9-18)19-10-4-5-13(11-19)21-14-6-3-7-16-17-14/h1-3,6-9,13H,4-5,10-12H2. The lowest BCUT2D eigenvalue weighted by Crippen LogP contribution is -2.45. The minimum absolute atomic E-state index is 0.0101. The van der Waals surface area contributed by atoms with Gasteiger partial charge in [-0.15, -0.1) is 5.10 Å². The van der Waals surface area contributed by atoms with Crippen LogP contribution in [0.25, 0.3) is 0 Å². The fourth-order valence-electron chi connectivity index (χ4n) is 2.51. The molecule has 0 N–H and O–H groups in total. The minimum atomic E-state index is -0.0101. The summed E-state index contributed by atoms with van der Waals surface area (Å²) in [7, 11) is 0. The molecule has 6 heteroatoms. The van der Waals surface area contributed by atoms with Crippen molar-refractivity contribution in [3.63, 3.8) is 0 Å². The second-order valence-electron chi connectivity index (χ2n) is 5.14. The Morgan fingerprint density at radius 3 is 2.95 bits per heavy atom. The smallest absolute Gasteiger partial charge is 0.242 e. The minimum Gasteiger partial charge on any atom is -0.471 e. The highest BCUT2D eigenvalue weighted by Gasteiger charge is 2.25. The molecule has 1 fully saturated rings. The Hall–Kier alpha value is -2.37. The van der Waals surface area contributed by atoms with Gasteiger partial charge in [0.2, 0.25) is 11.8 Å². The number of carbonyl (C=O) groups excluding carboxylic acids is 1. The van der Waals surface area contributed by atoms with Crippen LogP contribution in [0.1, 0.15) is 12.8 Å². The highest BCUT2D eigenvalue weighted by Crippen LogP contribution is 2.16. The zero-order valence-corrected chi connectivity index (χ0v) is 11.8. The van der Waals surface area contributed by atoms with E-state index in [-0.39, 0.29) is 12.0 Å². The molecule has 0 aromatic carbocycles. The summed E-state index contributed by atoms with van der Waals surface area (Å²) < 4.78 is 7.68. The number of carbonyl (C=O) groups is 1. The number of hydrogen-bond donors (Lipinski definition) is 0. The first kappa shape index (κ1) is 13.6. The highest BCUT2D eigenvalue weighted by atomic mass is 16.5. The van der Waals surface area contributed by atoms with E-state index in [0.29, 0.717) is 19.0 Å². The number of piperidine rings is 1. The van der Waals surface area contributed by atoms with E-state index in [1.165, 1.54) is 0 Å². The third-order valence-electron chi connectivity index (χ3n) is 3.55. The molecule has 0 bridgehead atoms. The van der Waals surface area contributed by atoms with E-state index in [9.17, 15) is 4.79 Å². The summed E-state index contributed by atoms with van der Waals surface area (Å²) in [5, 5.41) is 7.72. The van der Waals surface area contributed by atoms with Gasteiger partial charge in [-0.25, -0.2) is 0 Å². The molecule has 1 atom stereocenters. The van der Waals surface area contributed by atoms with Gasteiger partial charge in [0.25, 0.3) is 0 Å². The molecule has 1 aliphatic rings. The Kier molecular flexibility index (Phi) is 4.14. The van der Waals surface area contributed by atoms with Crippen molar-refractivity contribution in [2.45, 2.75) is 25.5 Å². The predicted octanol–water partition coefficient (Wildman–Crippen LogP) is 1.35. The van der Waals surface area contributed by atoms with Crippen molar-refractivity contribution in [2.75, 3.05) is 13.1 Å². The van der Waals surface area contributed by atoms with Crippen LogP contribution in [0.2, 0.25) is 0 Å². The first-order valence-electron chi connectivity index (χ1n) is 7.14. The van der Waals surface area contributed by atoms with Crippen molar-refractivity contribution >= 4 is 5.91 Å².